The van der Waals surface area contributed by atoms with Gasteiger partial charge in [-0.05, 0) is 18.4 Å². The molecule has 0 atom stereocenters. The minimum absolute atomic E-state index is 0.229. The maximum absolute atomic E-state index is 11.8. The van der Waals surface area contributed by atoms with Gasteiger partial charge in [0.05, 0.1) is 0 Å². The summed E-state index contributed by atoms with van der Waals surface area (Å²) in [4.78, 5) is 16.0. The van der Waals surface area contributed by atoms with Crippen LogP contribution in [0.15, 0.2) is 30.3 Å². The van der Waals surface area contributed by atoms with E-state index in [-0.39, 0.29) is 11.7 Å². The van der Waals surface area contributed by atoms with E-state index >= 15 is 0 Å². The number of hydrogen-bond donors (Lipinski definition) is 2. The molecule has 1 fully saturated rings. The van der Waals surface area contributed by atoms with E-state index in [4.69, 9.17) is 0 Å². The van der Waals surface area contributed by atoms with Crippen molar-refractivity contribution in [1.29, 1.82) is 0 Å². The van der Waals surface area contributed by atoms with Crippen LogP contribution in [0.4, 0.5) is 0 Å². The zero-order valence-corrected chi connectivity index (χ0v) is 9.89. The molecule has 1 aliphatic carbocycles. The Kier molecular flexibility index (Phi) is 2.80. The molecule has 0 radical (unpaired) electrons. The highest BCUT2D eigenvalue weighted by Gasteiger charge is 2.28. The summed E-state index contributed by atoms with van der Waals surface area (Å²) in [6.45, 7) is 0.493. The Morgan fingerprint density at radius 3 is 2.83 bits per heavy atom. The number of aromatic amines is 1. The summed E-state index contributed by atoms with van der Waals surface area (Å²) in [5.41, 5.74) is 1.06. The van der Waals surface area contributed by atoms with Gasteiger partial charge in [0, 0.05) is 12.5 Å². The monoisotopic (exact) mass is 242 g/mol. The molecule has 1 aromatic carbocycles. The first-order chi connectivity index (χ1) is 8.83. The summed E-state index contributed by atoms with van der Waals surface area (Å²) in [6.07, 6.45) is 2.28. The summed E-state index contributed by atoms with van der Waals surface area (Å²) in [6, 6.07) is 9.77. The summed E-state index contributed by atoms with van der Waals surface area (Å²) >= 11 is 0. The lowest BCUT2D eigenvalue weighted by Crippen LogP contribution is -2.24. The quantitative estimate of drug-likeness (QED) is 0.855. The maximum Gasteiger partial charge on any atom is 0.291 e. The molecule has 0 unspecified atom stereocenters. The molecule has 1 saturated carbocycles. The Labute approximate surface area is 105 Å². The van der Waals surface area contributed by atoms with E-state index in [1.807, 2.05) is 30.3 Å². The topological polar surface area (TPSA) is 70.7 Å². The fraction of sp³-hybridized carbons (Fsp3) is 0.308. The fourth-order valence-electron chi connectivity index (χ4n) is 1.77. The third-order valence-corrected chi connectivity index (χ3v) is 2.97. The number of aromatic nitrogens is 3. The number of hydrogen-bond acceptors (Lipinski definition) is 3. The molecule has 5 heteroatoms. The molecule has 1 amide bonds. The van der Waals surface area contributed by atoms with Crippen LogP contribution in [0.3, 0.4) is 0 Å². The number of nitrogens with one attached hydrogen (secondary N) is 2. The van der Waals surface area contributed by atoms with Gasteiger partial charge in [-0.3, -0.25) is 9.89 Å². The molecule has 92 valence electrons. The van der Waals surface area contributed by atoms with E-state index in [2.05, 4.69) is 20.5 Å². The first-order valence-corrected chi connectivity index (χ1v) is 6.07. The van der Waals surface area contributed by atoms with E-state index in [1.54, 1.807) is 0 Å². The van der Waals surface area contributed by atoms with Crippen LogP contribution in [0.25, 0.3) is 0 Å². The lowest BCUT2D eigenvalue weighted by molar-refractivity contribution is 0.0941. The van der Waals surface area contributed by atoms with Gasteiger partial charge in [-0.25, -0.2) is 4.98 Å². The van der Waals surface area contributed by atoms with Crippen molar-refractivity contribution in [3.8, 4) is 0 Å². The van der Waals surface area contributed by atoms with Gasteiger partial charge in [-0.1, -0.05) is 30.3 Å². The fourth-order valence-corrected chi connectivity index (χ4v) is 1.77. The lowest BCUT2D eigenvalue weighted by atomic mass is 10.2. The summed E-state index contributed by atoms with van der Waals surface area (Å²) in [5, 5.41) is 9.57. The lowest BCUT2D eigenvalue weighted by Gasteiger charge is -2.01. The maximum atomic E-state index is 11.8. The highest BCUT2D eigenvalue weighted by Crippen LogP contribution is 2.37. The highest BCUT2D eigenvalue weighted by molar-refractivity contribution is 5.90. The van der Waals surface area contributed by atoms with E-state index in [9.17, 15) is 4.79 Å². The first kappa shape index (κ1) is 11.0. The van der Waals surface area contributed by atoms with Crippen LogP contribution in [0, 0.1) is 0 Å². The number of carbonyl (C=O) groups is 1. The van der Waals surface area contributed by atoms with Crippen molar-refractivity contribution in [1.82, 2.24) is 20.5 Å². The molecule has 3 rings (SSSR count). The molecule has 2 aromatic rings. The van der Waals surface area contributed by atoms with Crippen molar-refractivity contribution < 1.29 is 4.79 Å². The van der Waals surface area contributed by atoms with Crippen LogP contribution >= 0.6 is 0 Å². The Morgan fingerprint density at radius 2 is 2.11 bits per heavy atom. The minimum atomic E-state index is -0.234. The molecule has 5 nitrogen and oxygen atoms in total. The van der Waals surface area contributed by atoms with E-state index < -0.39 is 0 Å². The van der Waals surface area contributed by atoms with Crippen molar-refractivity contribution in [3.63, 3.8) is 0 Å². The van der Waals surface area contributed by atoms with Crippen molar-refractivity contribution in [2.45, 2.75) is 25.3 Å². The number of H-pyrrole nitrogens is 1. The van der Waals surface area contributed by atoms with E-state index in [1.165, 1.54) is 0 Å². The second-order valence-electron chi connectivity index (χ2n) is 4.49. The van der Waals surface area contributed by atoms with Gasteiger partial charge in [-0.2, -0.15) is 0 Å². The highest BCUT2D eigenvalue weighted by atomic mass is 16.2. The molecular formula is C13H14N4O. The van der Waals surface area contributed by atoms with Gasteiger partial charge >= 0.3 is 0 Å². The number of amides is 1. The van der Waals surface area contributed by atoms with Gasteiger partial charge in [0.2, 0.25) is 5.82 Å². The van der Waals surface area contributed by atoms with Gasteiger partial charge < -0.3 is 5.32 Å². The first-order valence-electron chi connectivity index (χ1n) is 6.07. The second kappa shape index (κ2) is 4.60. The molecule has 0 saturated heterocycles. The predicted octanol–water partition coefficient (Wildman–Crippen LogP) is 1.61. The van der Waals surface area contributed by atoms with Crippen LogP contribution in [-0.4, -0.2) is 21.1 Å². The number of rotatable bonds is 4. The smallest absolute Gasteiger partial charge is 0.291 e. The van der Waals surface area contributed by atoms with Gasteiger partial charge in [0.15, 0.2) is 0 Å². The summed E-state index contributed by atoms with van der Waals surface area (Å²) < 4.78 is 0. The van der Waals surface area contributed by atoms with Crippen LogP contribution in [0.1, 0.15) is 40.8 Å². The third kappa shape index (κ3) is 2.40. The Hall–Kier alpha value is -2.17. The molecule has 2 N–H and O–H groups in total. The molecule has 1 aromatic heterocycles. The Balaban J connectivity index is 1.60. The molecule has 0 spiro atoms. The van der Waals surface area contributed by atoms with E-state index in [0.717, 1.165) is 24.2 Å². The molecule has 1 aliphatic rings. The van der Waals surface area contributed by atoms with Crippen molar-refractivity contribution >= 4 is 5.91 Å². The molecular weight excluding hydrogens is 228 g/mol. The van der Waals surface area contributed by atoms with E-state index in [0.29, 0.717) is 12.5 Å². The predicted molar refractivity (Wildman–Crippen MR) is 66.0 cm³/mol. The van der Waals surface area contributed by atoms with Crippen molar-refractivity contribution in [2.75, 3.05) is 0 Å². The number of nitrogens with zero attached hydrogens (tertiary/aromatic N) is 2. The average Bonchev–Trinajstić information content (AvgIpc) is 3.15. The Morgan fingerprint density at radius 1 is 1.33 bits per heavy atom. The number of carbonyl (C=O) groups excluding carboxylic acids is 1. The number of benzene rings is 1. The van der Waals surface area contributed by atoms with Gasteiger partial charge in [0.1, 0.15) is 5.82 Å². The van der Waals surface area contributed by atoms with Gasteiger partial charge in [-0.15, -0.1) is 5.10 Å². The molecule has 0 bridgehead atoms. The Bertz CT molecular complexity index is 545. The molecule has 1 heterocycles. The standard InChI is InChI=1S/C13H14N4O/c18-13(14-8-9-4-2-1-3-5-9)12-15-11(16-17-12)10-6-7-10/h1-5,10H,6-8H2,(H,14,18)(H,15,16,17). The second-order valence-corrected chi connectivity index (χ2v) is 4.49. The van der Waals surface area contributed by atoms with Gasteiger partial charge in [0.25, 0.3) is 5.91 Å². The zero-order valence-electron chi connectivity index (χ0n) is 9.89. The zero-order chi connectivity index (χ0) is 12.4. The van der Waals surface area contributed by atoms with Crippen molar-refractivity contribution in [3.05, 3.63) is 47.5 Å². The van der Waals surface area contributed by atoms with Crippen LogP contribution in [0.5, 0.6) is 0 Å². The summed E-state index contributed by atoms with van der Waals surface area (Å²) in [7, 11) is 0. The SMILES string of the molecule is O=C(NCc1ccccc1)c1n[nH]c(C2CC2)n1. The largest absolute Gasteiger partial charge is 0.345 e. The van der Waals surface area contributed by atoms with Crippen LogP contribution < -0.4 is 5.32 Å². The average molecular weight is 242 g/mol. The third-order valence-electron chi connectivity index (χ3n) is 2.97. The molecule has 0 aliphatic heterocycles. The van der Waals surface area contributed by atoms with Crippen LogP contribution in [0.2, 0.25) is 0 Å². The normalized spacial score (nSPS) is 14.4. The van der Waals surface area contributed by atoms with Crippen molar-refractivity contribution in [2.24, 2.45) is 0 Å². The minimum Gasteiger partial charge on any atom is -0.345 e. The van der Waals surface area contributed by atoms with Crippen LogP contribution in [-0.2, 0) is 6.54 Å². The molecule has 18 heavy (non-hydrogen) atoms. The summed E-state index contributed by atoms with van der Waals surface area (Å²) in [5.74, 6) is 1.31.